The lowest BCUT2D eigenvalue weighted by molar-refractivity contribution is -0.152. The number of benzene rings is 4. The highest BCUT2D eigenvalue weighted by Gasteiger charge is 2.45. The molecule has 7 rings (SSSR count). The summed E-state index contributed by atoms with van der Waals surface area (Å²) in [6, 6.07) is 12.2. The number of aliphatic carboxylic acids is 1. The number of hydrogen-bond donors (Lipinski definition) is 12. The van der Waals surface area contributed by atoms with Gasteiger partial charge in [0, 0.05) is 88.7 Å². The molecule has 2 aliphatic rings. The molecule has 31 heteroatoms. The van der Waals surface area contributed by atoms with Crippen molar-refractivity contribution in [1.82, 2.24) is 56.5 Å². The second-order valence-corrected chi connectivity index (χ2v) is 28.9. The van der Waals surface area contributed by atoms with Crippen molar-refractivity contribution in [2.75, 3.05) is 51.8 Å². The van der Waals surface area contributed by atoms with E-state index in [1.165, 1.54) is 47.0 Å². The fourth-order valence-electron chi connectivity index (χ4n) is 13.3. The minimum absolute atomic E-state index is 0.0526. The molecule has 0 saturated carbocycles. The lowest BCUT2D eigenvalue weighted by Gasteiger charge is -2.38. The van der Waals surface area contributed by atoms with Gasteiger partial charge in [-0.2, -0.15) is 11.8 Å². The summed E-state index contributed by atoms with van der Waals surface area (Å²) in [5.41, 5.74) is 14.5. The predicted octanol–water partition coefficient (Wildman–Crippen LogP) is 2.67. The van der Waals surface area contributed by atoms with Gasteiger partial charge in [0.05, 0.1) is 30.4 Å². The molecule has 28 nitrogen and oxygen atoms in total. The summed E-state index contributed by atoms with van der Waals surface area (Å²) < 4.78 is 29.2. The fraction of sp³-hybridized carbons (Fsp3) is 0.500. The first-order chi connectivity index (χ1) is 51.1. The highest BCUT2D eigenvalue weighted by molar-refractivity contribution is 7.99. The first-order valence-electron chi connectivity index (χ1n) is 36.2. The van der Waals surface area contributed by atoms with Crippen molar-refractivity contribution in [1.29, 1.82) is 0 Å². The molecule has 14 N–H and O–H groups in total. The number of carboxylic acid groups (broad SMARTS) is 1. The molecule has 0 spiro atoms. The average molecular weight is 1510 g/mol. The Labute approximate surface area is 625 Å². The van der Waals surface area contributed by atoms with E-state index in [-0.39, 0.29) is 106 Å². The van der Waals surface area contributed by atoms with Crippen LogP contribution in [0.15, 0.2) is 103 Å². The minimum Gasteiger partial charge on any atom is -0.508 e. The zero-order chi connectivity index (χ0) is 78.0. The van der Waals surface area contributed by atoms with Crippen LogP contribution in [0.25, 0.3) is 10.9 Å². The lowest BCUT2D eigenvalue weighted by Crippen LogP contribution is -2.59. The summed E-state index contributed by atoms with van der Waals surface area (Å²) in [5.74, 6) is -11.2. The van der Waals surface area contributed by atoms with Gasteiger partial charge in [-0.3, -0.25) is 52.7 Å². The Morgan fingerprint density at radius 1 is 0.692 bits per heavy atom. The minimum atomic E-state index is -1.50. The number of hydrogen-bond acceptors (Lipinski definition) is 17. The number of phenolic OH excluding ortho intramolecular Hbond substituents is 1. The largest absolute Gasteiger partial charge is 0.508 e. The Bertz CT molecular complexity index is 3890. The maximum Gasteiger partial charge on any atom is 0.305 e. The van der Waals surface area contributed by atoms with Crippen molar-refractivity contribution >= 4 is 94.0 Å². The molecule has 2 aliphatic heterocycles. The number of halogens is 2. The molecule has 0 bridgehead atoms. The number of aldehydes is 1. The third kappa shape index (κ3) is 24.6. The van der Waals surface area contributed by atoms with Crippen LogP contribution >= 0.6 is 11.8 Å². The van der Waals surface area contributed by atoms with Gasteiger partial charge in [0.25, 0.3) is 0 Å². The number of aliphatic hydroxyl groups is 1. The first-order valence-corrected chi connectivity index (χ1v) is 37.4. The number of likely N-dealkylation sites (N-methyl/N-ethyl adjacent to an activating group) is 2. The van der Waals surface area contributed by atoms with Gasteiger partial charge in [-0.05, 0) is 104 Å². The number of nitrogens with one attached hydrogen (secondary N) is 7. The molecule has 107 heavy (non-hydrogen) atoms. The highest BCUT2D eigenvalue weighted by atomic mass is 32.2. The number of H-pyrrole nitrogens is 1. The van der Waals surface area contributed by atoms with E-state index in [0.717, 1.165) is 39.7 Å². The molecule has 3 heterocycles. The quantitative estimate of drug-likeness (QED) is 0.0198. The SMILES string of the molecule is CCCC[C@@H](C(=O)N1CCC[C@@H]1C(=O)N[C@H](C=O)CC(=O)O)N(C)C(=O)[C@H](Cc1ccccc1)N(C)C(=O)[C@H](Cc1ccc(F)c(F)c1)NC(=O)CSCCNC(=O)[C@H](CC(C)C)NC(=O)[C@H](Cc1ccc(O)cc1)NC(=O)[C@H](Cc1c[nH]c2ccccc12)NC(=O)[C@H]1C[C@@H](O)CN1C(=O)[C@@H](N)CCCCN. The number of aromatic hydroxyl groups is 1. The van der Waals surface area contributed by atoms with Gasteiger partial charge in [-0.1, -0.05) is 107 Å². The molecule has 0 radical (unpaired) electrons. The number of nitrogens with two attached hydrogens (primary N) is 2. The summed E-state index contributed by atoms with van der Waals surface area (Å²) in [6.45, 7) is 5.82. The Balaban J connectivity index is 1.05. The molecule has 1 aromatic heterocycles. The highest BCUT2D eigenvalue weighted by Crippen LogP contribution is 2.27. The number of carboxylic acids is 1. The van der Waals surface area contributed by atoms with Crippen molar-refractivity contribution in [3.8, 4) is 5.75 Å². The van der Waals surface area contributed by atoms with E-state index in [0.29, 0.717) is 61.6 Å². The third-order valence-electron chi connectivity index (χ3n) is 19.1. The van der Waals surface area contributed by atoms with Crippen LogP contribution in [0, 0.1) is 17.6 Å². The Morgan fingerprint density at radius 2 is 1.34 bits per heavy atom. The molecular formula is C76H101F2N13O15S. The maximum atomic E-state index is 15.2. The fourth-order valence-corrected chi connectivity index (χ4v) is 14.0. The number of aliphatic hydroxyl groups excluding tert-OH is 1. The molecule has 10 amide bonds. The third-order valence-corrected chi connectivity index (χ3v) is 20.1. The number of aromatic amines is 1. The number of carbonyl (C=O) groups excluding carboxylic acids is 11. The normalized spacial score (nSPS) is 17.1. The summed E-state index contributed by atoms with van der Waals surface area (Å²) in [5, 5.41) is 47.4. The summed E-state index contributed by atoms with van der Waals surface area (Å²) >= 11 is 1.05. The number of unbranched alkanes of at least 4 members (excludes halogenated alkanes) is 2. The second-order valence-electron chi connectivity index (χ2n) is 27.8. The van der Waals surface area contributed by atoms with Gasteiger partial charge < -0.3 is 88.1 Å². The zero-order valence-corrected chi connectivity index (χ0v) is 61.8. The smallest absolute Gasteiger partial charge is 0.305 e. The van der Waals surface area contributed by atoms with Gasteiger partial charge in [0.15, 0.2) is 11.6 Å². The van der Waals surface area contributed by atoms with Gasteiger partial charge in [-0.15, -0.1) is 0 Å². The maximum absolute atomic E-state index is 15.2. The van der Waals surface area contributed by atoms with Crippen LogP contribution in [0.5, 0.6) is 5.75 Å². The Kier molecular flexibility index (Phi) is 32.6. The van der Waals surface area contributed by atoms with Gasteiger partial charge in [-0.25, -0.2) is 8.78 Å². The topological polar surface area (TPSA) is 418 Å². The Morgan fingerprint density at radius 3 is 2.01 bits per heavy atom. The van der Waals surface area contributed by atoms with E-state index in [1.807, 2.05) is 39.0 Å². The number of nitrogens with zero attached hydrogens (tertiary/aromatic N) is 4. The Hall–Kier alpha value is -9.85. The number of aromatic nitrogens is 1. The van der Waals surface area contributed by atoms with Crippen LogP contribution in [0.3, 0.4) is 0 Å². The number of thioether (sulfide) groups is 1. The van der Waals surface area contributed by atoms with Crippen molar-refractivity contribution in [2.45, 2.75) is 184 Å². The van der Waals surface area contributed by atoms with E-state index in [1.54, 1.807) is 54.7 Å². The number of amides is 10. The van der Waals surface area contributed by atoms with Crippen LogP contribution < -0.4 is 43.4 Å². The molecule has 4 aromatic carbocycles. The number of phenols is 1. The van der Waals surface area contributed by atoms with Crippen LogP contribution in [0.4, 0.5) is 8.78 Å². The summed E-state index contributed by atoms with van der Waals surface area (Å²) in [6.07, 6.45) is 2.70. The number of fused-ring (bicyclic) bond motifs is 1. The number of likely N-dealkylation sites (tertiary alicyclic amines) is 2. The molecule has 11 atom stereocenters. The van der Waals surface area contributed by atoms with Crippen molar-refractivity contribution < 1.29 is 81.6 Å². The molecule has 0 unspecified atom stereocenters. The van der Waals surface area contributed by atoms with E-state index in [9.17, 15) is 72.0 Å². The molecular weight excluding hydrogens is 1400 g/mol. The molecule has 2 saturated heterocycles. The number of rotatable bonds is 41. The van der Waals surface area contributed by atoms with Gasteiger partial charge >= 0.3 is 5.97 Å². The average Bonchev–Trinajstić information content (AvgIpc) is 1.64. The van der Waals surface area contributed by atoms with Crippen molar-refractivity contribution in [3.63, 3.8) is 0 Å². The summed E-state index contributed by atoms with van der Waals surface area (Å²) in [7, 11) is 2.75. The monoisotopic (exact) mass is 1510 g/mol. The number of β-amino-alcohol motifs (C(OH)–C–C–N with tert-alkyl or cyclic N) is 1. The molecule has 0 aliphatic carbocycles. The van der Waals surface area contributed by atoms with Gasteiger partial charge in [0.2, 0.25) is 59.1 Å². The molecule has 2 fully saturated rings. The van der Waals surface area contributed by atoms with E-state index >= 15 is 9.59 Å². The number of para-hydroxylation sites is 1. The predicted molar refractivity (Wildman–Crippen MR) is 396 cm³/mol. The second kappa shape index (κ2) is 41.3. The van der Waals surface area contributed by atoms with Crippen LogP contribution in [-0.4, -0.2) is 230 Å². The lowest BCUT2D eigenvalue weighted by atomic mass is 9.99. The standard InChI is InChI=1S/C76H101F2N13O15S/c1-6-7-21-63(76(106)90-31-15-22-62(90)71(101)83-50(43-92)39-67(96)97)88(4)75(105)65(37-46-16-9-8-10-17-46)89(5)74(104)61(36-48-25-28-54(77)55(78)34-48)84-66(95)44-107-32-30-81-68(98)58(33-45(2)3)85-69(99)59(35-47-23-26-51(93)27-24-47)86-70(100)60(38-49-41-82-57-20-12-11-18-53(49)57)87-72(102)64-40-52(94)42-91(64)73(103)56(80)19-13-14-29-79/h8-12,16-18,20,23-28,34,41,43,45,50,52,56,58-65,82,93-94H,6-7,13-15,19,21-22,29-33,35-40,42,44,79-80H2,1-5H3,(H,81,98)(H,83,101)(H,84,95)(H,85,99)(H,86,100)(H,87,102)(H,96,97)/t50-,52+,56-,58-,59-,60-,61-,62+,63-,64+,65-/m0/s1. The van der Waals surface area contributed by atoms with Crippen molar-refractivity contribution in [2.24, 2.45) is 17.4 Å². The van der Waals surface area contributed by atoms with Gasteiger partial charge in [0.1, 0.15) is 60.4 Å². The number of carbonyl (C=O) groups is 12. The first kappa shape index (κ1) is 84.4. The summed E-state index contributed by atoms with van der Waals surface area (Å²) in [4.78, 5) is 176. The van der Waals surface area contributed by atoms with Crippen LogP contribution in [-0.2, 0) is 83.2 Å². The van der Waals surface area contributed by atoms with Crippen LogP contribution in [0.1, 0.15) is 114 Å². The van der Waals surface area contributed by atoms with E-state index < -0.39 is 150 Å². The molecule has 580 valence electrons. The molecule has 5 aromatic rings. The van der Waals surface area contributed by atoms with E-state index in [4.69, 9.17) is 11.5 Å². The zero-order valence-electron chi connectivity index (χ0n) is 61.0. The van der Waals surface area contributed by atoms with Crippen LogP contribution in [0.2, 0.25) is 0 Å². The van der Waals surface area contributed by atoms with Crippen molar-refractivity contribution in [3.05, 3.63) is 137 Å². The van der Waals surface area contributed by atoms with E-state index in [2.05, 4.69) is 36.9 Å².